The van der Waals surface area contributed by atoms with E-state index in [-0.39, 0.29) is 12.5 Å². The topological polar surface area (TPSA) is 105 Å². The lowest BCUT2D eigenvalue weighted by atomic mass is 10.6. The minimum atomic E-state index is -0.730. The zero-order chi connectivity index (χ0) is 7.98. The monoisotopic (exact) mass is 163 g/mol. The van der Waals surface area contributed by atoms with Gasteiger partial charge < -0.3 is 15.6 Å². The van der Waals surface area contributed by atoms with Crippen molar-refractivity contribution in [1.29, 1.82) is 5.41 Å². The summed E-state index contributed by atoms with van der Waals surface area (Å²) < 4.78 is 13.6. The van der Waals surface area contributed by atoms with Gasteiger partial charge in [-0.15, -0.1) is 0 Å². The van der Waals surface area contributed by atoms with Crippen LogP contribution in [-0.4, -0.2) is 18.5 Å². The number of nitrogens with one attached hydrogen (secondary N) is 2. The Hall–Kier alpha value is -1.16. The van der Waals surface area contributed by atoms with Crippen molar-refractivity contribution in [3.63, 3.8) is 0 Å². The van der Waals surface area contributed by atoms with Crippen LogP contribution in [0.2, 0.25) is 0 Å². The first-order chi connectivity index (χ1) is 4.66. The Labute approximate surface area is 58.5 Å². The summed E-state index contributed by atoms with van der Waals surface area (Å²) in [5.41, 5.74) is 4.82. The molecule has 0 aromatic rings. The molecule has 0 radical (unpaired) electrons. The van der Waals surface area contributed by atoms with E-state index < -0.39 is 14.7 Å². The van der Waals surface area contributed by atoms with Crippen LogP contribution in [-0.2, 0) is 13.9 Å². The molecule has 0 fully saturated rings. The van der Waals surface area contributed by atoms with Crippen molar-refractivity contribution >= 4 is 20.6 Å². The maximum absolute atomic E-state index is 10.3. The van der Waals surface area contributed by atoms with E-state index in [1.165, 1.54) is 0 Å². The molecule has 0 heterocycles. The molecule has 4 N–H and O–H groups in total. The van der Waals surface area contributed by atoms with Gasteiger partial charge in [-0.05, 0) is 0 Å². The first-order valence-electron chi connectivity index (χ1n) is 2.27. The minimum Gasteiger partial charge on any atom is -0.371 e. The second-order valence-corrected chi connectivity index (χ2v) is 1.64. The lowest BCUT2D eigenvalue weighted by molar-refractivity contribution is -0.132. The lowest BCUT2D eigenvalue weighted by Gasteiger charge is -1.97. The number of guanidine groups is 1. The minimum absolute atomic E-state index is 0.245. The van der Waals surface area contributed by atoms with Gasteiger partial charge >= 0.3 is 14.7 Å². The van der Waals surface area contributed by atoms with Crippen molar-refractivity contribution in [2.24, 2.45) is 5.73 Å². The first-order valence-corrected chi connectivity index (χ1v) is 3.00. The molecule has 0 saturated carbocycles. The van der Waals surface area contributed by atoms with Crippen molar-refractivity contribution in [2.45, 2.75) is 0 Å². The van der Waals surface area contributed by atoms with Gasteiger partial charge in [0.25, 0.3) is 0 Å². The van der Waals surface area contributed by atoms with E-state index in [4.69, 9.17) is 11.1 Å². The van der Waals surface area contributed by atoms with E-state index >= 15 is 0 Å². The van der Waals surface area contributed by atoms with E-state index in [0.717, 1.165) is 0 Å². The molecule has 0 aliphatic heterocycles. The number of carbonyl (C=O) groups excluding carboxylic acids is 1. The van der Waals surface area contributed by atoms with E-state index in [1.807, 2.05) is 0 Å². The largest absolute Gasteiger partial charge is 0.398 e. The summed E-state index contributed by atoms with van der Waals surface area (Å²) in [6.07, 6.45) is 0. The highest BCUT2D eigenvalue weighted by atomic mass is 31.1. The fourth-order valence-electron chi connectivity index (χ4n) is 0.241. The smallest absolute Gasteiger partial charge is 0.371 e. The molecule has 0 atom stereocenters. The third kappa shape index (κ3) is 4.99. The number of hydrogen-bond donors (Lipinski definition) is 3. The molecule has 0 aliphatic rings. The van der Waals surface area contributed by atoms with Gasteiger partial charge in [0.05, 0.1) is 0 Å². The Kier molecular flexibility index (Phi) is 4.15. The van der Waals surface area contributed by atoms with Crippen LogP contribution in [0, 0.1) is 5.41 Å². The van der Waals surface area contributed by atoms with E-state index in [9.17, 15) is 9.36 Å². The Bertz CT molecular complexity index is 159. The normalized spacial score (nSPS) is 8.80. The molecule has 0 unspecified atom stereocenters. The lowest BCUT2D eigenvalue weighted by Crippen LogP contribution is -2.34. The van der Waals surface area contributed by atoms with Gasteiger partial charge in [0, 0.05) is 0 Å². The Balaban J connectivity index is 3.39. The van der Waals surface area contributed by atoms with Crippen molar-refractivity contribution in [1.82, 2.24) is 5.32 Å². The average Bonchev–Trinajstić information content (AvgIpc) is 1.85. The molecule has 56 valence electrons. The highest BCUT2D eigenvalue weighted by Crippen LogP contribution is 1.92. The molecule has 0 aliphatic carbocycles. The summed E-state index contributed by atoms with van der Waals surface area (Å²) in [7, 11) is -0.699. The van der Waals surface area contributed by atoms with Crippen LogP contribution in [0.15, 0.2) is 0 Å². The van der Waals surface area contributed by atoms with Crippen molar-refractivity contribution in [3.05, 3.63) is 0 Å². The molecule has 0 aromatic carbocycles. The van der Waals surface area contributed by atoms with Crippen LogP contribution >= 0.6 is 8.69 Å². The summed E-state index contributed by atoms with van der Waals surface area (Å²) >= 11 is 0. The molecule has 7 heteroatoms. The van der Waals surface area contributed by atoms with Gasteiger partial charge in [0.15, 0.2) is 5.96 Å². The van der Waals surface area contributed by atoms with Gasteiger partial charge in [0.1, 0.15) is 6.54 Å². The van der Waals surface area contributed by atoms with Crippen molar-refractivity contribution in [3.8, 4) is 0 Å². The van der Waals surface area contributed by atoms with Gasteiger partial charge in [-0.2, -0.15) is 0 Å². The van der Waals surface area contributed by atoms with E-state index in [0.29, 0.717) is 0 Å². The number of rotatable bonds is 3. The van der Waals surface area contributed by atoms with Crippen LogP contribution < -0.4 is 11.1 Å². The molecular weight excluding hydrogens is 157 g/mol. The third-order valence-electron chi connectivity index (χ3n) is 0.562. The summed E-state index contributed by atoms with van der Waals surface area (Å²) in [6, 6.07) is 0. The van der Waals surface area contributed by atoms with Gasteiger partial charge in [-0.3, -0.25) is 5.41 Å². The Morgan fingerprint density at radius 3 is 2.80 bits per heavy atom. The predicted octanol–water partition coefficient (Wildman–Crippen LogP) is -0.781. The molecule has 10 heavy (non-hydrogen) atoms. The molecule has 0 amide bonds. The highest BCUT2D eigenvalue weighted by Gasteiger charge is 2.00. The molecule has 0 saturated heterocycles. The quantitative estimate of drug-likeness (QED) is 0.287. The maximum atomic E-state index is 10.3. The number of hydrogen-bond acceptors (Lipinski definition) is 4. The molecular formula is C3H6N3O3P. The van der Waals surface area contributed by atoms with Crippen LogP contribution in [0.5, 0.6) is 0 Å². The van der Waals surface area contributed by atoms with Crippen LogP contribution in [0.3, 0.4) is 0 Å². The van der Waals surface area contributed by atoms with Crippen LogP contribution in [0.25, 0.3) is 0 Å². The number of carbonyl (C=O) groups is 1. The van der Waals surface area contributed by atoms with Gasteiger partial charge in [-0.25, -0.2) is 9.36 Å². The summed E-state index contributed by atoms with van der Waals surface area (Å²) in [5, 5.41) is 8.77. The van der Waals surface area contributed by atoms with Gasteiger partial charge in [0.2, 0.25) is 0 Å². The third-order valence-corrected chi connectivity index (χ3v) is 0.840. The first kappa shape index (κ1) is 8.84. The second kappa shape index (κ2) is 4.69. The average molecular weight is 163 g/mol. The number of nitrogens with two attached hydrogens (primary N) is 1. The summed E-state index contributed by atoms with van der Waals surface area (Å²) in [6.45, 7) is -0.245. The fourth-order valence-corrected chi connectivity index (χ4v) is 0.389. The van der Waals surface area contributed by atoms with Gasteiger partial charge in [-0.1, -0.05) is 0 Å². The zero-order valence-electron chi connectivity index (χ0n) is 4.96. The molecule has 6 nitrogen and oxygen atoms in total. The van der Waals surface area contributed by atoms with Crippen LogP contribution in [0.1, 0.15) is 0 Å². The second-order valence-electron chi connectivity index (χ2n) is 1.31. The van der Waals surface area contributed by atoms with Crippen molar-refractivity contribution < 1.29 is 13.9 Å². The predicted molar refractivity (Wildman–Crippen MR) is 33.6 cm³/mol. The maximum Gasteiger partial charge on any atom is 0.398 e. The molecule has 0 aromatic heterocycles. The molecule has 0 bridgehead atoms. The van der Waals surface area contributed by atoms with Crippen molar-refractivity contribution in [2.75, 3.05) is 6.54 Å². The fraction of sp³-hybridized carbons (Fsp3) is 0.333. The summed E-state index contributed by atoms with van der Waals surface area (Å²) in [4.78, 5) is 10.3. The van der Waals surface area contributed by atoms with Crippen LogP contribution in [0.4, 0.5) is 0 Å². The van der Waals surface area contributed by atoms with E-state index in [1.54, 1.807) is 0 Å². The zero-order valence-corrected chi connectivity index (χ0v) is 5.85. The SMILES string of the molecule is N=C(N)NCC(=O)OP=O. The van der Waals surface area contributed by atoms with E-state index in [2.05, 4.69) is 9.84 Å². The molecule has 0 spiro atoms. The standard InChI is InChI=1S/C3H6N3O3P/c4-3(5)6-1-2(7)9-10-8/h1H2,(H4,4,5,6). The Morgan fingerprint density at radius 2 is 2.40 bits per heavy atom. The summed E-state index contributed by atoms with van der Waals surface area (Å²) in [5.74, 6) is -1.06. The highest BCUT2D eigenvalue weighted by molar-refractivity contribution is 7.18. The molecule has 0 rings (SSSR count). The Morgan fingerprint density at radius 1 is 1.80 bits per heavy atom.